The fourth-order valence-electron chi connectivity index (χ4n) is 3.36. The van der Waals surface area contributed by atoms with E-state index < -0.39 is 0 Å². The third-order valence-corrected chi connectivity index (χ3v) is 6.18. The smallest absolute Gasteiger partial charge is 0.266 e. The van der Waals surface area contributed by atoms with Gasteiger partial charge in [-0.3, -0.25) is 19.6 Å². The molecule has 1 amide bonds. The molecule has 2 fully saturated rings. The van der Waals surface area contributed by atoms with Crippen LogP contribution in [-0.4, -0.2) is 64.4 Å². The number of morpholine rings is 1. The minimum atomic E-state index is 0.00729. The van der Waals surface area contributed by atoms with Crippen LogP contribution in [0.3, 0.4) is 0 Å². The molecule has 0 unspecified atom stereocenters. The molecule has 27 heavy (non-hydrogen) atoms. The topological polar surface area (TPSA) is 45.7 Å². The molecule has 0 atom stereocenters. The SMILES string of the molecule is O=C1/C(=C/c2ccnc3ccccc23)SC(=S)N1CCCN1CCOCC1. The van der Waals surface area contributed by atoms with E-state index in [0.29, 0.717) is 15.8 Å². The Hall–Kier alpha value is -1.80. The van der Waals surface area contributed by atoms with Gasteiger partial charge in [0.2, 0.25) is 0 Å². The predicted molar refractivity (Wildman–Crippen MR) is 113 cm³/mol. The van der Waals surface area contributed by atoms with E-state index in [4.69, 9.17) is 17.0 Å². The zero-order valence-corrected chi connectivity index (χ0v) is 16.6. The van der Waals surface area contributed by atoms with Crippen LogP contribution in [0.25, 0.3) is 17.0 Å². The van der Waals surface area contributed by atoms with Crippen LogP contribution in [0.2, 0.25) is 0 Å². The first-order valence-corrected chi connectivity index (χ1v) is 10.3. The number of hydrogen-bond acceptors (Lipinski definition) is 6. The van der Waals surface area contributed by atoms with Crippen molar-refractivity contribution in [3.63, 3.8) is 0 Å². The Morgan fingerprint density at radius 1 is 1.19 bits per heavy atom. The van der Waals surface area contributed by atoms with Gasteiger partial charge in [-0.25, -0.2) is 0 Å². The summed E-state index contributed by atoms with van der Waals surface area (Å²) in [5.74, 6) is 0.00729. The van der Waals surface area contributed by atoms with Gasteiger partial charge in [0.15, 0.2) is 0 Å². The summed E-state index contributed by atoms with van der Waals surface area (Å²) in [6.07, 6.45) is 4.63. The number of carbonyl (C=O) groups is 1. The highest BCUT2D eigenvalue weighted by atomic mass is 32.2. The van der Waals surface area contributed by atoms with Gasteiger partial charge < -0.3 is 4.74 Å². The summed E-state index contributed by atoms with van der Waals surface area (Å²) in [6.45, 7) is 5.15. The standard InChI is InChI=1S/C20H21N3O2S2/c24-19-18(14-15-6-7-21-17-5-2-1-4-16(15)17)27-20(26)23(19)9-3-8-22-10-12-25-13-11-22/h1-2,4-7,14H,3,8-13H2/b18-14-. The number of rotatable bonds is 5. The minimum absolute atomic E-state index is 0.00729. The molecule has 7 heteroatoms. The van der Waals surface area contributed by atoms with Gasteiger partial charge in [0.25, 0.3) is 5.91 Å². The summed E-state index contributed by atoms with van der Waals surface area (Å²) in [6, 6.07) is 9.89. The van der Waals surface area contributed by atoms with Gasteiger partial charge in [-0.05, 0) is 30.2 Å². The Bertz CT molecular complexity index is 888. The maximum absolute atomic E-state index is 12.8. The van der Waals surface area contributed by atoms with Crippen LogP contribution in [0.5, 0.6) is 0 Å². The van der Waals surface area contributed by atoms with Crippen molar-refractivity contribution in [3.8, 4) is 0 Å². The number of thiocarbonyl (C=S) groups is 1. The fraction of sp³-hybridized carbons (Fsp3) is 0.350. The van der Waals surface area contributed by atoms with Crippen molar-refractivity contribution in [1.29, 1.82) is 0 Å². The third kappa shape index (κ3) is 4.21. The van der Waals surface area contributed by atoms with Crippen LogP contribution in [0.1, 0.15) is 12.0 Å². The van der Waals surface area contributed by atoms with Crippen molar-refractivity contribution in [3.05, 3.63) is 47.0 Å². The molecule has 3 heterocycles. The van der Waals surface area contributed by atoms with Crippen molar-refractivity contribution in [2.45, 2.75) is 6.42 Å². The molecule has 2 saturated heterocycles. The number of amides is 1. The Labute approximate surface area is 168 Å². The highest BCUT2D eigenvalue weighted by molar-refractivity contribution is 8.26. The van der Waals surface area contributed by atoms with Crippen molar-refractivity contribution in [2.75, 3.05) is 39.4 Å². The molecule has 2 aliphatic rings. The van der Waals surface area contributed by atoms with E-state index in [0.717, 1.165) is 55.7 Å². The van der Waals surface area contributed by atoms with E-state index in [1.54, 1.807) is 11.1 Å². The highest BCUT2D eigenvalue weighted by Gasteiger charge is 2.31. The van der Waals surface area contributed by atoms with Gasteiger partial charge in [0.05, 0.1) is 23.6 Å². The molecule has 0 bridgehead atoms. The second-order valence-corrected chi connectivity index (χ2v) is 8.23. The summed E-state index contributed by atoms with van der Waals surface area (Å²) in [5, 5.41) is 1.04. The van der Waals surface area contributed by atoms with Gasteiger partial charge in [0, 0.05) is 37.8 Å². The van der Waals surface area contributed by atoms with Crippen LogP contribution < -0.4 is 0 Å². The Morgan fingerprint density at radius 3 is 2.85 bits per heavy atom. The van der Waals surface area contributed by atoms with Crippen LogP contribution in [0.4, 0.5) is 0 Å². The Balaban J connectivity index is 1.44. The molecule has 0 aliphatic carbocycles. The molecule has 2 aliphatic heterocycles. The lowest BCUT2D eigenvalue weighted by Crippen LogP contribution is -2.38. The number of ether oxygens (including phenoxy) is 1. The van der Waals surface area contributed by atoms with Crippen molar-refractivity contribution >= 4 is 51.2 Å². The number of pyridine rings is 1. The van der Waals surface area contributed by atoms with Crippen molar-refractivity contribution < 1.29 is 9.53 Å². The first-order chi connectivity index (χ1) is 13.2. The number of fused-ring (bicyclic) bond motifs is 1. The van der Waals surface area contributed by atoms with Crippen LogP contribution in [0, 0.1) is 0 Å². The molecule has 140 valence electrons. The number of nitrogens with zero attached hydrogens (tertiary/aromatic N) is 3. The molecule has 0 N–H and O–H groups in total. The first kappa shape index (κ1) is 18.6. The second-order valence-electron chi connectivity index (χ2n) is 6.56. The molecular formula is C20H21N3O2S2. The molecule has 1 aromatic carbocycles. The maximum Gasteiger partial charge on any atom is 0.266 e. The van der Waals surface area contributed by atoms with Crippen LogP contribution in [0.15, 0.2) is 41.4 Å². The van der Waals surface area contributed by atoms with Crippen LogP contribution >= 0.6 is 24.0 Å². The largest absolute Gasteiger partial charge is 0.379 e. The summed E-state index contributed by atoms with van der Waals surface area (Å²) in [4.78, 5) is 22.0. The summed E-state index contributed by atoms with van der Waals surface area (Å²) < 4.78 is 6.02. The zero-order chi connectivity index (χ0) is 18.6. The minimum Gasteiger partial charge on any atom is -0.379 e. The maximum atomic E-state index is 12.8. The molecule has 0 spiro atoms. The second kappa shape index (κ2) is 8.48. The summed E-state index contributed by atoms with van der Waals surface area (Å²) >= 11 is 6.84. The van der Waals surface area contributed by atoms with Gasteiger partial charge in [-0.15, -0.1) is 0 Å². The number of thioether (sulfide) groups is 1. The molecule has 0 radical (unpaired) electrons. The average molecular weight is 400 g/mol. The van der Waals surface area contributed by atoms with Crippen molar-refractivity contribution in [2.24, 2.45) is 0 Å². The molecule has 2 aromatic rings. The third-order valence-electron chi connectivity index (χ3n) is 4.80. The number of para-hydroxylation sites is 1. The van der Waals surface area contributed by atoms with Gasteiger partial charge in [-0.2, -0.15) is 0 Å². The number of hydrogen-bond donors (Lipinski definition) is 0. The van der Waals surface area contributed by atoms with E-state index in [1.807, 2.05) is 36.4 Å². The molecule has 4 rings (SSSR count). The lowest BCUT2D eigenvalue weighted by Gasteiger charge is -2.27. The average Bonchev–Trinajstić information content (AvgIpc) is 2.96. The Kier molecular flexibility index (Phi) is 5.83. The first-order valence-electron chi connectivity index (χ1n) is 9.11. The number of benzene rings is 1. The molecule has 5 nitrogen and oxygen atoms in total. The van der Waals surface area contributed by atoms with Gasteiger partial charge in [-0.1, -0.05) is 42.2 Å². The normalized spacial score (nSPS) is 20.1. The molecule has 1 aromatic heterocycles. The fourth-order valence-corrected chi connectivity index (χ4v) is 4.65. The Morgan fingerprint density at radius 2 is 2.00 bits per heavy atom. The van der Waals surface area contributed by atoms with E-state index in [2.05, 4.69) is 9.88 Å². The van der Waals surface area contributed by atoms with E-state index in [-0.39, 0.29) is 5.91 Å². The number of aromatic nitrogens is 1. The number of carbonyl (C=O) groups excluding carboxylic acids is 1. The molecule has 0 saturated carbocycles. The summed E-state index contributed by atoms with van der Waals surface area (Å²) in [5.41, 5.74) is 1.92. The van der Waals surface area contributed by atoms with E-state index in [1.165, 1.54) is 11.8 Å². The molecular weight excluding hydrogens is 378 g/mol. The zero-order valence-electron chi connectivity index (χ0n) is 15.0. The van der Waals surface area contributed by atoms with Crippen molar-refractivity contribution in [1.82, 2.24) is 14.8 Å². The van der Waals surface area contributed by atoms with Crippen LogP contribution in [-0.2, 0) is 9.53 Å². The highest BCUT2D eigenvalue weighted by Crippen LogP contribution is 2.33. The lowest BCUT2D eigenvalue weighted by molar-refractivity contribution is -0.122. The van der Waals surface area contributed by atoms with Gasteiger partial charge in [0.1, 0.15) is 4.32 Å². The van der Waals surface area contributed by atoms with E-state index in [9.17, 15) is 4.79 Å². The lowest BCUT2D eigenvalue weighted by atomic mass is 10.1. The monoisotopic (exact) mass is 399 g/mol. The summed E-state index contributed by atoms with van der Waals surface area (Å²) in [7, 11) is 0. The predicted octanol–water partition coefficient (Wildman–Crippen LogP) is 3.16. The quantitative estimate of drug-likeness (QED) is 0.569. The van der Waals surface area contributed by atoms with Gasteiger partial charge >= 0.3 is 0 Å². The van der Waals surface area contributed by atoms with E-state index >= 15 is 0 Å².